The maximum absolute atomic E-state index is 10.6. The summed E-state index contributed by atoms with van der Waals surface area (Å²) in [6.45, 7) is 0.148. The molecular weight excluding hydrogens is 186 g/mol. The van der Waals surface area contributed by atoms with Crippen molar-refractivity contribution >= 4 is 12.0 Å². The molecule has 0 aliphatic rings. The summed E-state index contributed by atoms with van der Waals surface area (Å²) in [6.07, 6.45) is 1.60. The molecule has 0 aromatic heterocycles. The molecule has 5 heteroatoms. The average Bonchev–Trinajstić information content (AvgIpc) is 2.18. The maximum Gasteiger partial charge on any atom is 0.275 e. The SMILES string of the molecule is COCc1ccc([C]=O)cc1[N+](=O)[O-]. The van der Waals surface area contributed by atoms with Crippen molar-refractivity contribution in [1.29, 1.82) is 0 Å². The van der Waals surface area contributed by atoms with Gasteiger partial charge in [-0.2, -0.15) is 0 Å². The Hall–Kier alpha value is -1.75. The molecule has 0 saturated carbocycles. The van der Waals surface area contributed by atoms with Crippen LogP contribution >= 0.6 is 0 Å². The van der Waals surface area contributed by atoms with Gasteiger partial charge >= 0.3 is 0 Å². The van der Waals surface area contributed by atoms with Gasteiger partial charge in [-0.05, 0) is 6.07 Å². The first-order chi connectivity index (χ1) is 6.69. The molecule has 0 heterocycles. The number of nitro groups is 1. The third-order valence-electron chi connectivity index (χ3n) is 1.70. The zero-order chi connectivity index (χ0) is 10.6. The first kappa shape index (κ1) is 10.3. The lowest BCUT2D eigenvalue weighted by Gasteiger charge is -2.01. The standard InChI is InChI=1S/C9H8NO4/c1-14-6-8-3-2-7(5-11)4-9(8)10(12)13/h2-4H,6H2,1H3. The molecular formula is C9H8NO4. The Labute approximate surface area is 80.5 Å². The summed E-state index contributed by atoms with van der Waals surface area (Å²) in [7, 11) is 1.45. The quantitative estimate of drug-likeness (QED) is 0.533. The van der Waals surface area contributed by atoms with Gasteiger partial charge in [0.25, 0.3) is 5.69 Å². The minimum atomic E-state index is -0.546. The molecule has 73 valence electrons. The number of nitrogens with zero attached hydrogens (tertiary/aromatic N) is 1. The van der Waals surface area contributed by atoms with E-state index in [0.717, 1.165) is 0 Å². The van der Waals surface area contributed by atoms with Crippen molar-refractivity contribution in [2.75, 3.05) is 7.11 Å². The Morgan fingerprint density at radius 3 is 2.79 bits per heavy atom. The average molecular weight is 194 g/mol. The second-order valence-corrected chi connectivity index (χ2v) is 2.64. The first-order valence-corrected chi connectivity index (χ1v) is 3.83. The fourth-order valence-corrected chi connectivity index (χ4v) is 1.07. The van der Waals surface area contributed by atoms with E-state index in [2.05, 4.69) is 0 Å². The van der Waals surface area contributed by atoms with Gasteiger partial charge in [0.05, 0.1) is 17.1 Å². The minimum absolute atomic E-state index is 0.118. The van der Waals surface area contributed by atoms with Crippen molar-refractivity contribution < 1.29 is 14.5 Å². The molecule has 1 rings (SSSR count). The van der Waals surface area contributed by atoms with E-state index in [0.29, 0.717) is 5.56 Å². The molecule has 0 saturated heterocycles. The van der Waals surface area contributed by atoms with E-state index in [-0.39, 0.29) is 17.9 Å². The van der Waals surface area contributed by atoms with E-state index in [1.54, 1.807) is 6.29 Å². The molecule has 0 bridgehead atoms. The lowest BCUT2D eigenvalue weighted by Crippen LogP contribution is -1.98. The molecule has 0 unspecified atom stereocenters. The zero-order valence-corrected chi connectivity index (χ0v) is 7.52. The summed E-state index contributed by atoms with van der Waals surface area (Å²) < 4.78 is 4.79. The highest BCUT2D eigenvalue weighted by Crippen LogP contribution is 2.20. The van der Waals surface area contributed by atoms with Gasteiger partial charge in [-0.3, -0.25) is 14.9 Å². The summed E-state index contributed by atoms with van der Waals surface area (Å²) in [6, 6.07) is 4.14. The molecule has 1 aromatic carbocycles. The fourth-order valence-electron chi connectivity index (χ4n) is 1.07. The van der Waals surface area contributed by atoms with Crippen molar-refractivity contribution in [3.8, 4) is 0 Å². The first-order valence-electron chi connectivity index (χ1n) is 3.83. The van der Waals surface area contributed by atoms with Crippen LogP contribution in [0.4, 0.5) is 5.69 Å². The van der Waals surface area contributed by atoms with Gasteiger partial charge in [0.15, 0.2) is 0 Å². The highest BCUT2D eigenvalue weighted by Gasteiger charge is 2.13. The van der Waals surface area contributed by atoms with E-state index >= 15 is 0 Å². The van der Waals surface area contributed by atoms with Gasteiger partial charge in [0.1, 0.15) is 0 Å². The molecule has 1 aromatic rings. The number of methoxy groups -OCH3 is 1. The topological polar surface area (TPSA) is 69.4 Å². The van der Waals surface area contributed by atoms with Crippen LogP contribution < -0.4 is 0 Å². The van der Waals surface area contributed by atoms with Crippen molar-refractivity contribution in [3.63, 3.8) is 0 Å². The maximum atomic E-state index is 10.6. The number of nitro benzene ring substituents is 1. The molecule has 0 atom stereocenters. The zero-order valence-electron chi connectivity index (χ0n) is 7.52. The highest BCUT2D eigenvalue weighted by molar-refractivity contribution is 5.77. The van der Waals surface area contributed by atoms with Crippen LogP contribution in [0.3, 0.4) is 0 Å². The largest absolute Gasteiger partial charge is 0.380 e. The summed E-state index contributed by atoms with van der Waals surface area (Å²) in [4.78, 5) is 20.3. The number of hydrogen-bond donors (Lipinski definition) is 0. The highest BCUT2D eigenvalue weighted by atomic mass is 16.6. The smallest absolute Gasteiger partial charge is 0.275 e. The van der Waals surface area contributed by atoms with Crippen LogP contribution in [0.2, 0.25) is 0 Å². The van der Waals surface area contributed by atoms with Gasteiger partial charge in [0.2, 0.25) is 6.29 Å². The van der Waals surface area contributed by atoms with E-state index in [1.165, 1.54) is 25.3 Å². The summed E-state index contributed by atoms with van der Waals surface area (Å²) >= 11 is 0. The molecule has 0 N–H and O–H groups in total. The van der Waals surface area contributed by atoms with Crippen molar-refractivity contribution in [3.05, 3.63) is 39.4 Å². The summed E-state index contributed by atoms with van der Waals surface area (Å²) in [5.74, 6) is 0. The Balaban J connectivity index is 3.16. The molecule has 0 aliphatic heterocycles. The van der Waals surface area contributed by atoms with Crippen LogP contribution in [0.1, 0.15) is 11.1 Å². The number of hydrogen-bond acceptors (Lipinski definition) is 4. The predicted molar refractivity (Wildman–Crippen MR) is 48.6 cm³/mol. The Kier molecular flexibility index (Phi) is 3.30. The molecule has 0 fully saturated rings. The monoisotopic (exact) mass is 194 g/mol. The Morgan fingerprint density at radius 1 is 1.57 bits per heavy atom. The number of carbonyl (C=O) groups excluding carboxylic acids is 1. The van der Waals surface area contributed by atoms with Crippen LogP contribution in [0.25, 0.3) is 0 Å². The lowest BCUT2D eigenvalue weighted by atomic mass is 10.1. The van der Waals surface area contributed by atoms with Gasteiger partial charge in [-0.1, -0.05) is 6.07 Å². The van der Waals surface area contributed by atoms with Crippen molar-refractivity contribution in [1.82, 2.24) is 0 Å². The van der Waals surface area contributed by atoms with Gasteiger partial charge in [-0.25, -0.2) is 0 Å². The predicted octanol–water partition coefficient (Wildman–Crippen LogP) is 1.20. The second-order valence-electron chi connectivity index (χ2n) is 2.64. The van der Waals surface area contributed by atoms with E-state index in [1.807, 2.05) is 0 Å². The second kappa shape index (κ2) is 4.48. The van der Waals surface area contributed by atoms with Crippen molar-refractivity contribution in [2.24, 2.45) is 0 Å². The molecule has 5 nitrogen and oxygen atoms in total. The molecule has 0 amide bonds. The minimum Gasteiger partial charge on any atom is -0.380 e. The molecule has 0 spiro atoms. The molecule has 1 radical (unpaired) electrons. The third-order valence-corrected chi connectivity index (χ3v) is 1.70. The summed E-state index contributed by atoms with van der Waals surface area (Å²) in [5, 5.41) is 10.6. The normalized spacial score (nSPS) is 9.79. The third kappa shape index (κ3) is 2.14. The van der Waals surface area contributed by atoms with Crippen LogP contribution in [-0.2, 0) is 16.1 Å². The van der Waals surface area contributed by atoms with E-state index < -0.39 is 4.92 Å². The number of rotatable bonds is 4. The van der Waals surface area contributed by atoms with E-state index in [9.17, 15) is 14.9 Å². The van der Waals surface area contributed by atoms with Crippen LogP contribution in [-0.4, -0.2) is 18.3 Å². The van der Waals surface area contributed by atoms with Gasteiger partial charge in [0, 0.05) is 18.7 Å². The van der Waals surface area contributed by atoms with Crippen LogP contribution in [0.5, 0.6) is 0 Å². The van der Waals surface area contributed by atoms with Crippen LogP contribution in [0.15, 0.2) is 18.2 Å². The van der Waals surface area contributed by atoms with Gasteiger partial charge < -0.3 is 4.74 Å². The van der Waals surface area contributed by atoms with Gasteiger partial charge in [-0.15, -0.1) is 0 Å². The summed E-state index contributed by atoms with van der Waals surface area (Å²) in [5.41, 5.74) is 0.487. The Morgan fingerprint density at radius 2 is 2.29 bits per heavy atom. The van der Waals surface area contributed by atoms with E-state index in [4.69, 9.17) is 4.74 Å². The lowest BCUT2D eigenvalue weighted by molar-refractivity contribution is -0.385. The fraction of sp³-hybridized carbons (Fsp3) is 0.222. The van der Waals surface area contributed by atoms with Crippen molar-refractivity contribution in [2.45, 2.75) is 6.61 Å². The van der Waals surface area contributed by atoms with Crippen LogP contribution in [0, 0.1) is 10.1 Å². The Bertz CT molecular complexity index is 362. The number of ether oxygens (including phenoxy) is 1. The number of benzene rings is 1. The molecule has 0 aliphatic carbocycles. The molecule has 14 heavy (non-hydrogen) atoms.